The molecule has 7 nitrogen and oxygen atoms in total. The molecule has 256 valence electrons. The molecule has 0 saturated carbocycles. The monoisotopic (exact) mass is 622 g/mol. The van der Waals surface area contributed by atoms with Crippen LogP contribution >= 0.6 is 0 Å². The molecule has 0 aliphatic carbocycles. The minimum absolute atomic E-state index is 0.0617. The van der Waals surface area contributed by atoms with Crippen LogP contribution in [0.1, 0.15) is 168 Å². The number of cyclic esters (lactones) is 1. The molecule has 0 amide bonds. The highest BCUT2D eigenvalue weighted by Crippen LogP contribution is 2.31. The summed E-state index contributed by atoms with van der Waals surface area (Å²) in [5.74, 6) is -0.133. The van der Waals surface area contributed by atoms with Crippen molar-refractivity contribution in [2.45, 2.75) is 217 Å². The fourth-order valence-corrected chi connectivity index (χ4v) is 7.26. The predicted molar refractivity (Wildman–Crippen MR) is 175 cm³/mol. The van der Waals surface area contributed by atoms with Gasteiger partial charge in [-0.15, -0.1) is 0 Å². The van der Waals surface area contributed by atoms with Crippen molar-refractivity contribution in [3.63, 3.8) is 0 Å². The normalized spacial score (nSPS) is 27.4. The Bertz CT molecular complexity index is 801. The fourth-order valence-electron chi connectivity index (χ4n) is 7.26. The summed E-state index contributed by atoms with van der Waals surface area (Å²) in [5, 5.41) is 32.1. The number of ether oxygens (including phenoxy) is 3. The predicted octanol–water partition coefficient (Wildman–Crippen LogP) is 7.86. The Kier molecular flexibility index (Phi) is 18.5. The molecular formula is C37H66O7. The molecule has 3 N–H and O–H groups in total. The van der Waals surface area contributed by atoms with E-state index in [2.05, 4.69) is 6.92 Å². The van der Waals surface area contributed by atoms with E-state index in [0.29, 0.717) is 12.8 Å². The lowest BCUT2D eigenvalue weighted by atomic mass is 9.98. The van der Waals surface area contributed by atoms with E-state index in [1.807, 2.05) is 13.0 Å². The van der Waals surface area contributed by atoms with Crippen LogP contribution in [0.2, 0.25) is 0 Å². The lowest BCUT2D eigenvalue weighted by Crippen LogP contribution is -2.33. The molecular weight excluding hydrogens is 556 g/mol. The summed E-state index contributed by atoms with van der Waals surface area (Å²) in [6.45, 7) is 4.15. The molecule has 2 saturated heterocycles. The van der Waals surface area contributed by atoms with Gasteiger partial charge in [0.05, 0.1) is 42.7 Å². The Balaban J connectivity index is 1.15. The van der Waals surface area contributed by atoms with Crippen LogP contribution in [0.4, 0.5) is 0 Å². The zero-order valence-corrected chi connectivity index (χ0v) is 28.1. The zero-order valence-electron chi connectivity index (χ0n) is 28.1. The van der Waals surface area contributed by atoms with E-state index >= 15 is 0 Å². The first-order valence-electron chi connectivity index (χ1n) is 18.6. The van der Waals surface area contributed by atoms with Gasteiger partial charge < -0.3 is 29.5 Å². The van der Waals surface area contributed by atoms with Gasteiger partial charge in [0.2, 0.25) is 0 Å². The van der Waals surface area contributed by atoms with Gasteiger partial charge in [0, 0.05) is 5.57 Å². The summed E-state index contributed by atoms with van der Waals surface area (Å²) < 4.78 is 17.4. The van der Waals surface area contributed by atoms with E-state index < -0.39 is 18.3 Å². The summed E-state index contributed by atoms with van der Waals surface area (Å²) >= 11 is 0. The maximum Gasteiger partial charge on any atom is 0.334 e. The van der Waals surface area contributed by atoms with Crippen LogP contribution in [0.25, 0.3) is 0 Å². The average Bonchev–Trinajstić information content (AvgIpc) is 3.76. The van der Waals surface area contributed by atoms with Gasteiger partial charge in [-0.3, -0.25) is 0 Å². The van der Waals surface area contributed by atoms with Crippen molar-refractivity contribution in [3.8, 4) is 0 Å². The number of carbonyl (C=O) groups excluding carboxylic acids is 1. The van der Waals surface area contributed by atoms with Crippen LogP contribution in [0.3, 0.4) is 0 Å². The molecule has 3 aliphatic heterocycles. The molecule has 3 rings (SSSR count). The molecule has 7 heteroatoms. The SMILES string of the molecule is CCCCCCCCCC[C@@H](O)[C@@H]1CC[C@@H]([C@H](O)CC[C@@H](O)[C@@H]2CC[C@@H](CCCCCCCCCC3=C[C@@H](C)OC3=O)O2)O1. The molecule has 0 aromatic rings. The fraction of sp³-hybridized carbons (Fsp3) is 0.919. The highest BCUT2D eigenvalue weighted by atomic mass is 16.5. The summed E-state index contributed by atoms with van der Waals surface area (Å²) in [7, 11) is 0. The van der Waals surface area contributed by atoms with Crippen molar-refractivity contribution >= 4 is 5.97 Å². The molecule has 44 heavy (non-hydrogen) atoms. The Morgan fingerprint density at radius 2 is 1.16 bits per heavy atom. The quantitative estimate of drug-likeness (QED) is 0.0703. The Labute approximate surface area is 268 Å². The molecule has 0 spiro atoms. The molecule has 2 fully saturated rings. The number of aliphatic hydroxyl groups is 3. The van der Waals surface area contributed by atoms with Crippen molar-refractivity contribution in [1.29, 1.82) is 0 Å². The third-order valence-electron chi connectivity index (χ3n) is 10.1. The van der Waals surface area contributed by atoms with Gasteiger partial charge in [0.15, 0.2) is 0 Å². The molecule has 0 bridgehead atoms. The Morgan fingerprint density at radius 1 is 0.659 bits per heavy atom. The summed E-state index contributed by atoms with van der Waals surface area (Å²) in [4.78, 5) is 11.7. The smallest absolute Gasteiger partial charge is 0.334 e. The zero-order chi connectivity index (χ0) is 31.6. The number of carbonyl (C=O) groups is 1. The van der Waals surface area contributed by atoms with Crippen LogP contribution in [0.15, 0.2) is 11.6 Å². The largest absolute Gasteiger partial charge is 0.455 e. The van der Waals surface area contributed by atoms with Crippen molar-refractivity contribution in [2.75, 3.05) is 0 Å². The number of hydrogen-bond acceptors (Lipinski definition) is 7. The minimum Gasteiger partial charge on any atom is -0.455 e. The highest BCUT2D eigenvalue weighted by Gasteiger charge is 2.36. The molecule has 3 aliphatic rings. The van der Waals surface area contributed by atoms with Crippen molar-refractivity contribution in [3.05, 3.63) is 11.6 Å². The van der Waals surface area contributed by atoms with Gasteiger partial charge in [-0.25, -0.2) is 4.79 Å². The number of esters is 1. The van der Waals surface area contributed by atoms with E-state index in [0.717, 1.165) is 76.2 Å². The number of unbranched alkanes of at least 4 members (excludes halogenated alkanes) is 13. The number of aliphatic hydroxyl groups excluding tert-OH is 3. The summed E-state index contributed by atoms with van der Waals surface area (Å²) in [6, 6.07) is 0. The number of hydrogen-bond donors (Lipinski definition) is 3. The Hall–Kier alpha value is -0.990. The van der Waals surface area contributed by atoms with E-state index in [9.17, 15) is 20.1 Å². The van der Waals surface area contributed by atoms with E-state index in [1.54, 1.807) is 0 Å². The first-order valence-corrected chi connectivity index (χ1v) is 18.6. The van der Waals surface area contributed by atoms with Gasteiger partial charge in [0.25, 0.3) is 0 Å². The second-order valence-electron chi connectivity index (χ2n) is 14.0. The van der Waals surface area contributed by atoms with E-state index in [4.69, 9.17) is 14.2 Å². The lowest BCUT2D eigenvalue weighted by Gasteiger charge is -2.24. The maximum atomic E-state index is 11.7. The van der Waals surface area contributed by atoms with Crippen molar-refractivity contribution in [2.24, 2.45) is 0 Å². The van der Waals surface area contributed by atoms with Gasteiger partial charge in [-0.2, -0.15) is 0 Å². The highest BCUT2D eigenvalue weighted by molar-refractivity contribution is 5.90. The van der Waals surface area contributed by atoms with E-state index in [1.165, 1.54) is 70.6 Å². The summed E-state index contributed by atoms with van der Waals surface area (Å²) in [5.41, 5.74) is 0.852. The van der Waals surface area contributed by atoms with Crippen molar-refractivity contribution in [1.82, 2.24) is 0 Å². The molecule has 0 unspecified atom stereocenters. The minimum atomic E-state index is -0.609. The molecule has 0 aromatic heterocycles. The average molecular weight is 623 g/mol. The van der Waals surface area contributed by atoms with Crippen LogP contribution in [-0.2, 0) is 19.0 Å². The third kappa shape index (κ3) is 14.2. The van der Waals surface area contributed by atoms with Gasteiger partial charge in [0.1, 0.15) is 6.10 Å². The van der Waals surface area contributed by atoms with Crippen molar-refractivity contribution < 1.29 is 34.3 Å². The van der Waals surface area contributed by atoms with Crippen LogP contribution in [0.5, 0.6) is 0 Å². The first kappa shape index (κ1) is 37.5. The first-order chi connectivity index (χ1) is 21.4. The molecule has 3 heterocycles. The molecule has 0 radical (unpaired) electrons. The maximum absolute atomic E-state index is 11.7. The molecule has 0 aromatic carbocycles. The van der Waals surface area contributed by atoms with Gasteiger partial charge in [-0.05, 0) is 77.2 Å². The lowest BCUT2D eigenvalue weighted by molar-refractivity contribution is -0.139. The second kappa shape index (κ2) is 21.7. The second-order valence-corrected chi connectivity index (χ2v) is 14.0. The van der Waals surface area contributed by atoms with Crippen LogP contribution < -0.4 is 0 Å². The van der Waals surface area contributed by atoms with E-state index in [-0.39, 0.29) is 36.5 Å². The van der Waals surface area contributed by atoms with Gasteiger partial charge in [-0.1, -0.05) is 96.8 Å². The topological polar surface area (TPSA) is 105 Å². The molecule has 8 atom stereocenters. The third-order valence-corrected chi connectivity index (χ3v) is 10.1. The van der Waals surface area contributed by atoms with Crippen LogP contribution in [0, 0.1) is 0 Å². The standard InChI is InChI=1S/C37H66O7/c1-3-4-5-6-7-11-14-17-20-31(38)35-25-26-36(44-35)33(40)23-22-32(39)34-24-21-30(43-34)19-16-13-10-8-9-12-15-18-29-27-28(2)42-37(29)41/h27-28,30-36,38-40H,3-26H2,1-2H3/t28-,30-,31-,32-,33-,34+,35+,36+/m1/s1. The van der Waals surface area contributed by atoms with Crippen LogP contribution in [-0.4, -0.2) is 70.1 Å². The Morgan fingerprint density at radius 3 is 1.75 bits per heavy atom. The number of rotatable bonds is 25. The summed E-state index contributed by atoms with van der Waals surface area (Å²) in [6.07, 6.45) is 25.4. The van der Waals surface area contributed by atoms with Gasteiger partial charge >= 0.3 is 5.97 Å².